The number of H-pyrrole nitrogens is 1. The van der Waals surface area contributed by atoms with Crippen molar-refractivity contribution in [2.75, 3.05) is 48.0 Å². The van der Waals surface area contributed by atoms with Crippen LogP contribution < -0.4 is 15.5 Å². The molecule has 33 heavy (non-hydrogen) atoms. The van der Waals surface area contributed by atoms with Gasteiger partial charge in [-0.1, -0.05) is 0 Å². The van der Waals surface area contributed by atoms with Crippen LogP contribution in [0.5, 0.6) is 0 Å². The van der Waals surface area contributed by atoms with Crippen LogP contribution in [0.4, 0.5) is 23.1 Å². The molecule has 0 amide bonds. The van der Waals surface area contributed by atoms with E-state index in [9.17, 15) is 8.42 Å². The number of aromatic nitrogens is 4. The number of hydrogen-bond donors (Lipinski definition) is 3. The van der Waals surface area contributed by atoms with Gasteiger partial charge in [-0.05, 0) is 51.0 Å². The molecule has 10 nitrogen and oxygen atoms in total. The summed E-state index contributed by atoms with van der Waals surface area (Å²) in [5.74, 6) is 0.856. The first-order chi connectivity index (χ1) is 15.8. The van der Waals surface area contributed by atoms with Gasteiger partial charge in [0, 0.05) is 55.9 Å². The standard InChI is InChI=1S/C22H30N8O2S/c1-14(2)29-10-12-30(13-11-29)17-8-6-16(7-9-17)24-22-25-19(23-15-4-5-15)18-20(26-22)27-28-21(18)33(3,31)32/h6-9,14-15H,4-5,10-13H2,1-3H3,(H3,23,24,25,26,27,28). The van der Waals surface area contributed by atoms with Crippen LogP contribution in [0.25, 0.3) is 11.0 Å². The molecule has 1 aliphatic heterocycles. The van der Waals surface area contributed by atoms with Crippen LogP contribution in [0, 0.1) is 0 Å². The SMILES string of the molecule is CC(C)N1CCN(c2ccc(Nc3nc(NC4CC4)c4c(S(C)(=O)=O)[nH]nc4n3)cc2)CC1. The van der Waals surface area contributed by atoms with Crippen LogP contribution in [-0.2, 0) is 9.84 Å². The van der Waals surface area contributed by atoms with E-state index in [-0.39, 0.29) is 5.03 Å². The van der Waals surface area contributed by atoms with Crippen LogP contribution in [0.3, 0.4) is 0 Å². The number of piperazine rings is 1. The van der Waals surface area contributed by atoms with Crippen molar-refractivity contribution in [3.8, 4) is 0 Å². The topological polar surface area (TPSA) is 119 Å². The van der Waals surface area contributed by atoms with Crippen molar-refractivity contribution in [3.05, 3.63) is 24.3 Å². The molecule has 5 rings (SSSR count). The number of nitrogens with zero attached hydrogens (tertiary/aromatic N) is 5. The molecule has 2 fully saturated rings. The highest BCUT2D eigenvalue weighted by Crippen LogP contribution is 2.32. The van der Waals surface area contributed by atoms with Gasteiger partial charge in [0.05, 0.1) is 0 Å². The van der Waals surface area contributed by atoms with Crippen molar-refractivity contribution >= 4 is 44.0 Å². The molecular formula is C22H30N8O2S. The van der Waals surface area contributed by atoms with E-state index in [0.717, 1.165) is 51.0 Å². The molecule has 1 saturated heterocycles. The Balaban J connectivity index is 1.36. The summed E-state index contributed by atoms with van der Waals surface area (Å²) in [6.45, 7) is 8.66. The minimum absolute atomic E-state index is 0.0362. The van der Waals surface area contributed by atoms with Gasteiger partial charge in [0.2, 0.25) is 5.95 Å². The number of fused-ring (bicyclic) bond motifs is 1. The summed E-state index contributed by atoms with van der Waals surface area (Å²) >= 11 is 0. The van der Waals surface area contributed by atoms with E-state index in [2.05, 4.69) is 66.6 Å². The minimum Gasteiger partial charge on any atom is -0.369 e. The monoisotopic (exact) mass is 470 g/mol. The first-order valence-electron chi connectivity index (χ1n) is 11.4. The molecule has 2 aliphatic rings. The van der Waals surface area contributed by atoms with Crippen molar-refractivity contribution in [2.45, 2.75) is 43.8 Å². The first-order valence-corrected chi connectivity index (χ1v) is 13.3. The maximum Gasteiger partial charge on any atom is 0.231 e. The lowest BCUT2D eigenvalue weighted by Gasteiger charge is -2.38. The third-order valence-electron chi connectivity index (χ3n) is 6.20. The van der Waals surface area contributed by atoms with Crippen LogP contribution in [0.15, 0.2) is 29.3 Å². The normalized spacial score (nSPS) is 17.6. The average Bonchev–Trinajstić information content (AvgIpc) is 3.48. The molecule has 1 saturated carbocycles. The quantitative estimate of drug-likeness (QED) is 0.479. The summed E-state index contributed by atoms with van der Waals surface area (Å²) in [5, 5.41) is 13.7. The van der Waals surface area contributed by atoms with E-state index in [0.29, 0.717) is 34.9 Å². The molecule has 0 unspecified atom stereocenters. The zero-order chi connectivity index (χ0) is 23.2. The summed E-state index contributed by atoms with van der Waals surface area (Å²) in [7, 11) is -3.49. The van der Waals surface area contributed by atoms with Gasteiger partial charge in [-0.3, -0.25) is 10.00 Å². The number of rotatable bonds is 7. The second kappa shape index (κ2) is 8.45. The summed E-state index contributed by atoms with van der Waals surface area (Å²) < 4.78 is 24.3. The summed E-state index contributed by atoms with van der Waals surface area (Å²) in [5.41, 5.74) is 2.37. The highest BCUT2D eigenvalue weighted by Gasteiger charge is 2.27. The average molecular weight is 471 g/mol. The van der Waals surface area contributed by atoms with E-state index < -0.39 is 9.84 Å². The van der Waals surface area contributed by atoms with Crippen LogP contribution in [0.1, 0.15) is 26.7 Å². The Morgan fingerprint density at radius 2 is 1.76 bits per heavy atom. The lowest BCUT2D eigenvalue weighted by Crippen LogP contribution is -2.48. The van der Waals surface area contributed by atoms with Crippen LogP contribution in [0.2, 0.25) is 0 Å². The Hall–Kier alpha value is -2.92. The van der Waals surface area contributed by atoms with E-state index in [1.165, 1.54) is 5.69 Å². The largest absolute Gasteiger partial charge is 0.369 e. The van der Waals surface area contributed by atoms with Gasteiger partial charge in [0.25, 0.3) is 0 Å². The molecule has 1 aliphatic carbocycles. The molecule has 1 aromatic carbocycles. The molecule has 3 N–H and O–H groups in total. The number of nitrogens with one attached hydrogen (secondary N) is 3. The zero-order valence-corrected chi connectivity index (χ0v) is 20.0. The second-order valence-corrected chi connectivity index (χ2v) is 11.1. The number of benzene rings is 1. The maximum atomic E-state index is 12.2. The predicted octanol–water partition coefficient (Wildman–Crippen LogP) is 2.60. The first kappa shape index (κ1) is 21.9. The summed E-state index contributed by atoms with van der Waals surface area (Å²) in [6, 6.07) is 9.11. The fourth-order valence-corrected chi connectivity index (χ4v) is 4.90. The zero-order valence-electron chi connectivity index (χ0n) is 19.2. The third kappa shape index (κ3) is 4.74. The Labute approximate surface area is 193 Å². The second-order valence-electron chi connectivity index (χ2n) is 9.13. The van der Waals surface area contributed by atoms with Crippen molar-refractivity contribution < 1.29 is 8.42 Å². The van der Waals surface area contributed by atoms with Crippen molar-refractivity contribution in [1.29, 1.82) is 0 Å². The Bertz CT molecular complexity index is 1240. The molecule has 0 atom stereocenters. The van der Waals surface area contributed by atoms with E-state index in [1.807, 2.05) is 12.1 Å². The molecule has 0 radical (unpaired) electrons. The van der Waals surface area contributed by atoms with Crippen molar-refractivity contribution in [2.24, 2.45) is 0 Å². The smallest absolute Gasteiger partial charge is 0.231 e. The molecule has 2 aromatic heterocycles. The number of hydrogen-bond acceptors (Lipinski definition) is 9. The number of sulfone groups is 1. The number of anilines is 4. The fraction of sp³-hybridized carbons (Fsp3) is 0.500. The van der Waals surface area contributed by atoms with Crippen molar-refractivity contribution in [1.82, 2.24) is 25.1 Å². The van der Waals surface area contributed by atoms with E-state index >= 15 is 0 Å². The number of aromatic amines is 1. The Morgan fingerprint density at radius 3 is 2.36 bits per heavy atom. The van der Waals surface area contributed by atoms with Crippen LogP contribution in [-0.4, -0.2) is 78.0 Å². The predicted molar refractivity (Wildman–Crippen MR) is 130 cm³/mol. The van der Waals surface area contributed by atoms with Crippen LogP contribution >= 0.6 is 0 Å². The molecule has 0 spiro atoms. The lowest BCUT2D eigenvalue weighted by atomic mass is 10.2. The van der Waals surface area contributed by atoms with Gasteiger partial charge in [-0.2, -0.15) is 15.1 Å². The van der Waals surface area contributed by atoms with E-state index in [1.54, 1.807) is 0 Å². The highest BCUT2D eigenvalue weighted by atomic mass is 32.2. The van der Waals surface area contributed by atoms with Gasteiger partial charge >= 0.3 is 0 Å². The summed E-state index contributed by atoms with van der Waals surface area (Å²) in [6.07, 6.45) is 3.22. The van der Waals surface area contributed by atoms with Gasteiger partial charge in [-0.25, -0.2) is 8.42 Å². The van der Waals surface area contributed by atoms with Gasteiger partial charge in [0.15, 0.2) is 20.5 Å². The maximum absolute atomic E-state index is 12.2. The molecule has 3 heterocycles. The molecule has 11 heteroatoms. The minimum atomic E-state index is -3.49. The van der Waals surface area contributed by atoms with Crippen molar-refractivity contribution in [3.63, 3.8) is 0 Å². The Kier molecular flexibility index (Phi) is 5.61. The molecule has 0 bridgehead atoms. The third-order valence-corrected chi connectivity index (χ3v) is 7.24. The molecule has 176 valence electrons. The molecular weight excluding hydrogens is 440 g/mol. The van der Waals surface area contributed by atoms with Gasteiger partial charge < -0.3 is 15.5 Å². The molecule has 3 aromatic rings. The van der Waals surface area contributed by atoms with E-state index in [4.69, 9.17) is 0 Å². The van der Waals surface area contributed by atoms with Gasteiger partial charge in [0.1, 0.15) is 11.2 Å². The van der Waals surface area contributed by atoms with Gasteiger partial charge in [-0.15, -0.1) is 0 Å². The lowest BCUT2D eigenvalue weighted by molar-refractivity contribution is 0.209. The Morgan fingerprint density at radius 1 is 1.06 bits per heavy atom. The highest BCUT2D eigenvalue weighted by molar-refractivity contribution is 7.90. The fourth-order valence-electron chi connectivity index (χ4n) is 4.13. The summed E-state index contributed by atoms with van der Waals surface area (Å²) in [4.78, 5) is 13.9.